The Hall–Kier alpha value is 0.430. The van der Waals surface area contributed by atoms with Gasteiger partial charge in [0.2, 0.25) is 0 Å². The molecule has 0 spiro atoms. The summed E-state index contributed by atoms with van der Waals surface area (Å²) >= 11 is 5.70. The lowest BCUT2D eigenvalue weighted by Crippen LogP contribution is -1.79. The normalized spacial score (nSPS) is 9.67. The van der Waals surface area contributed by atoms with Crippen LogP contribution in [0.25, 0.3) is 0 Å². The Morgan fingerprint density at radius 3 is 2.67 bits per heavy atom. The molecule has 9 heavy (non-hydrogen) atoms. The first-order valence-electron chi connectivity index (χ1n) is 2.53. The molecular formula is C7H5BrI. The van der Waals surface area contributed by atoms with E-state index in [4.69, 9.17) is 0 Å². The lowest BCUT2D eigenvalue weighted by Gasteiger charge is -1.97. The first-order chi connectivity index (χ1) is 4.22. The first-order valence-corrected chi connectivity index (χ1v) is 4.40. The summed E-state index contributed by atoms with van der Waals surface area (Å²) in [6, 6.07) is 6.92. The molecular weight excluding hydrogens is 291 g/mol. The average Bonchev–Trinajstić information content (AvgIpc) is 1.83. The predicted octanol–water partition coefficient (Wildman–Crippen LogP) is 3.16. The van der Waals surface area contributed by atoms with E-state index >= 15 is 0 Å². The third kappa shape index (κ3) is 1.67. The first kappa shape index (κ1) is 7.54. The number of benzene rings is 1. The standard InChI is InChI=1S/C7H5BrI/c1-5-6(8)3-2-4-7(5)9/h3-4H,1H3. The minimum atomic E-state index is 1.13. The molecule has 0 amide bonds. The molecule has 0 atom stereocenters. The van der Waals surface area contributed by atoms with Gasteiger partial charge in [-0.1, -0.05) is 15.9 Å². The van der Waals surface area contributed by atoms with Crippen molar-refractivity contribution in [1.29, 1.82) is 0 Å². The number of rotatable bonds is 0. The molecule has 0 fully saturated rings. The Balaban J connectivity index is 3.25. The van der Waals surface area contributed by atoms with Crippen LogP contribution in [0.3, 0.4) is 0 Å². The van der Waals surface area contributed by atoms with Crippen LogP contribution in [0.15, 0.2) is 16.6 Å². The number of hydrogen-bond donors (Lipinski definition) is 0. The van der Waals surface area contributed by atoms with Gasteiger partial charge in [-0.3, -0.25) is 0 Å². The second-order valence-electron chi connectivity index (χ2n) is 1.78. The summed E-state index contributed by atoms with van der Waals surface area (Å²) in [5.41, 5.74) is 1.29. The number of hydrogen-bond acceptors (Lipinski definition) is 0. The second kappa shape index (κ2) is 3.01. The summed E-state index contributed by atoms with van der Waals surface area (Å²) in [5.74, 6) is 0. The summed E-state index contributed by atoms with van der Waals surface area (Å²) < 4.78 is 2.39. The second-order valence-corrected chi connectivity index (χ2v) is 3.79. The molecule has 0 unspecified atom stereocenters. The van der Waals surface area contributed by atoms with Crippen molar-refractivity contribution in [2.75, 3.05) is 0 Å². The van der Waals surface area contributed by atoms with Gasteiger partial charge in [0.15, 0.2) is 0 Å². The summed E-state index contributed by atoms with van der Waals surface area (Å²) in [6.45, 7) is 2.08. The van der Waals surface area contributed by atoms with Crippen LogP contribution >= 0.6 is 38.5 Å². The molecule has 0 saturated carbocycles. The fourth-order valence-corrected chi connectivity index (χ4v) is 1.71. The Kier molecular flexibility index (Phi) is 2.52. The van der Waals surface area contributed by atoms with Crippen LogP contribution in [-0.4, -0.2) is 0 Å². The van der Waals surface area contributed by atoms with Gasteiger partial charge in [0.1, 0.15) is 0 Å². The highest BCUT2D eigenvalue weighted by molar-refractivity contribution is 14.1. The zero-order chi connectivity index (χ0) is 6.85. The van der Waals surface area contributed by atoms with Crippen LogP contribution in [0.2, 0.25) is 0 Å². The highest BCUT2D eigenvalue weighted by Gasteiger charge is 1.95. The molecule has 0 saturated heterocycles. The molecule has 0 heterocycles. The third-order valence-electron chi connectivity index (χ3n) is 1.14. The summed E-state index contributed by atoms with van der Waals surface area (Å²) in [5, 5.41) is 0. The Labute approximate surface area is 76.9 Å². The summed E-state index contributed by atoms with van der Waals surface area (Å²) in [4.78, 5) is 0. The molecule has 1 aromatic rings. The van der Waals surface area contributed by atoms with Crippen molar-refractivity contribution < 1.29 is 0 Å². The van der Waals surface area contributed by atoms with Crippen LogP contribution < -0.4 is 0 Å². The molecule has 0 nitrogen and oxygen atoms in total. The lowest BCUT2D eigenvalue weighted by molar-refractivity contribution is 1.39. The molecule has 47 valence electrons. The SMILES string of the molecule is Cc1c(Br)c[c]cc1I. The van der Waals surface area contributed by atoms with Crippen LogP contribution in [0.5, 0.6) is 0 Å². The van der Waals surface area contributed by atoms with Gasteiger partial charge in [-0.15, -0.1) is 0 Å². The predicted molar refractivity (Wildman–Crippen MR) is 50.4 cm³/mol. The smallest absolute Gasteiger partial charge is 0.0221 e. The molecule has 0 aromatic heterocycles. The van der Waals surface area contributed by atoms with E-state index in [1.54, 1.807) is 0 Å². The topological polar surface area (TPSA) is 0 Å². The van der Waals surface area contributed by atoms with Gasteiger partial charge in [-0.25, -0.2) is 0 Å². The quantitative estimate of drug-likeness (QED) is 0.645. The Morgan fingerprint density at radius 1 is 1.56 bits per heavy atom. The summed E-state index contributed by atoms with van der Waals surface area (Å²) in [6.07, 6.45) is 0. The average molecular weight is 296 g/mol. The highest BCUT2D eigenvalue weighted by Crippen LogP contribution is 2.19. The highest BCUT2D eigenvalue weighted by atomic mass is 127. The minimum Gasteiger partial charge on any atom is -0.0505 e. The van der Waals surface area contributed by atoms with Crippen molar-refractivity contribution in [2.45, 2.75) is 6.92 Å². The molecule has 0 aliphatic carbocycles. The van der Waals surface area contributed by atoms with E-state index in [2.05, 4.69) is 51.5 Å². The molecule has 1 aromatic carbocycles. The van der Waals surface area contributed by atoms with Gasteiger partial charge < -0.3 is 0 Å². The zero-order valence-electron chi connectivity index (χ0n) is 4.91. The van der Waals surface area contributed by atoms with Crippen molar-refractivity contribution in [2.24, 2.45) is 0 Å². The van der Waals surface area contributed by atoms with E-state index in [1.807, 2.05) is 12.1 Å². The van der Waals surface area contributed by atoms with E-state index in [1.165, 1.54) is 9.13 Å². The van der Waals surface area contributed by atoms with Crippen LogP contribution in [0.1, 0.15) is 5.56 Å². The molecule has 1 radical (unpaired) electrons. The van der Waals surface area contributed by atoms with Crippen LogP contribution in [0, 0.1) is 16.6 Å². The fourth-order valence-electron chi connectivity index (χ4n) is 0.519. The largest absolute Gasteiger partial charge is 0.0505 e. The van der Waals surface area contributed by atoms with Gasteiger partial charge in [-0.05, 0) is 53.3 Å². The zero-order valence-corrected chi connectivity index (χ0v) is 8.65. The van der Waals surface area contributed by atoms with Gasteiger partial charge in [0.25, 0.3) is 0 Å². The van der Waals surface area contributed by atoms with Gasteiger partial charge in [0, 0.05) is 8.04 Å². The van der Waals surface area contributed by atoms with Gasteiger partial charge in [0.05, 0.1) is 0 Å². The van der Waals surface area contributed by atoms with E-state index < -0.39 is 0 Å². The molecule has 0 bridgehead atoms. The maximum Gasteiger partial charge on any atom is 0.0221 e. The molecule has 2 heteroatoms. The number of halogens is 2. The third-order valence-corrected chi connectivity index (χ3v) is 3.08. The van der Waals surface area contributed by atoms with E-state index in [9.17, 15) is 0 Å². The van der Waals surface area contributed by atoms with Crippen molar-refractivity contribution in [3.05, 3.63) is 31.8 Å². The van der Waals surface area contributed by atoms with Crippen molar-refractivity contribution in [3.8, 4) is 0 Å². The van der Waals surface area contributed by atoms with Crippen molar-refractivity contribution in [1.82, 2.24) is 0 Å². The van der Waals surface area contributed by atoms with Crippen molar-refractivity contribution in [3.63, 3.8) is 0 Å². The minimum absolute atomic E-state index is 1.13. The fraction of sp³-hybridized carbons (Fsp3) is 0.143. The van der Waals surface area contributed by atoms with E-state index in [0.717, 1.165) is 4.47 Å². The Morgan fingerprint density at radius 2 is 2.22 bits per heavy atom. The van der Waals surface area contributed by atoms with Gasteiger partial charge >= 0.3 is 0 Å². The molecule has 0 aliphatic rings. The molecule has 1 rings (SSSR count). The van der Waals surface area contributed by atoms with Crippen LogP contribution in [0.4, 0.5) is 0 Å². The van der Waals surface area contributed by atoms with Crippen LogP contribution in [-0.2, 0) is 0 Å². The monoisotopic (exact) mass is 295 g/mol. The molecule has 0 N–H and O–H groups in total. The Bertz CT molecular complexity index is 200. The van der Waals surface area contributed by atoms with E-state index in [0.29, 0.717) is 0 Å². The van der Waals surface area contributed by atoms with Crippen molar-refractivity contribution >= 4 is 38.5 Å². The maximum atomic E-state index is 3.41. The lowest BCUT2D eigenvalue weighted by atomic mass is 10.2. The molecule has 0 aliphatic heterocycles. The maximum absolute atomic E-state index is 3.41. The summed E-state index contributed by atoms with van der Waals surface area (Å²) in [7, 11) is 0. The van der Waals surface area contributed by atoms with E-state index in [-0.39, 0.29) is 0 Å². The van der Waals surface area contributed by atoms with Gasteiger partial charge in [-0.2, -0.15) is 0 Å².